The molecule has 0 radical (unpaired) electrons. The van der Waals surface area contributed by atoms with E-state index in [2.05, 4.69) is 4.98 Å². The molecule has 39 heavy (non-hydrogen) atoms. The predicted molar refractivity (Wildman–Crippen MR) is 141 cm³/mol. The van der Waals surface area contributed by atoms with Gasteiger partial charge in [0.1, 0.15) is 16.4 Å². The van der Waals surface area contributed by atoms with Gasteiger partial charge in [-0.3, -0.25) is 4.79 Å². The molecule has 0 saturated heterocycles. The Kier molecular flexibility index (Phi) is 8.77. The van der Waals surface area contributed by atoms with E-state index in [0.717, 1.165) is 12.1 Å². The van der Waals surface area contributed by atoms with Crippen LogP contribution in [0.2, 0.25) is 10.0 Å². The lowest BCUT2D eigenvalue weighted by atomic mass is 10.1. The predicted octanol–water partition coefficient (Wildman–Crippen LogP) is 8.29. The topological polar surface area (TPSA) is 78.6 Å². The second-order valence-corrected chi connectivity index (χ2v) is 11.2. The number of carbonyl (C=O) groups is 2. The van der Waals surface area contributed by atoms with Crippen molar-refractivity contribution in [3.05, 3.63) is 69.0 Å². The van der Waals surface area contributed by atoms with Crippen molar-refractivity contribution in [3.63, 3.8) is 0 Å². The first kappa shape index (κ1) is 30.5. The van der Waals surface area contributed by atoms with Crippen LogP contribution in [0.5, 0.6) is 5.75 Å². The van der Waals surface area contributed by atoms with E-state index < -0.39 is 28.9 Å². The maximum absolute atomic E-state index is 12.9. The zero-order valence-corrected chi connectivity index (χ0v) is 23.8. The number of ketones is 1. The SMILES string of the molecule is Cc1nc(-c2ccc(C(F)(F)F)cc2)oc1C(=O)CCc1ccc(OC(C)(C)C(=O)OC(C)(C)C)c(Cl)c1Cl. The highest BCUT2D eigenvalue weighted by Crippen LogP contribution is 2.38. The Bertz CT molecular complexity index is 1370. The number of alkyl halides is 3. The van der Waals surface area contributed by atoms with E-state index in [1.54, 1.807) is 53.7 Å². The summed E-state index contributed by atoms with van der Waals surface area (Å²) < 4.78 is 55.3. The first-order chi connectivity index (χ1) is 17.9. The van der Waals surface area contributed by atoms with Crippen molar-refractivity contribution in [2.75, 3.05) is 0 Å². The monoisotopic (exact) mass is 585 g/mol. The lowest BCUT2D eigenvalue weighted by Gasteiger charge is -2.29. The van der Waals surface area contributed by atoms with Crippen LogP contribution in [-0.2, 0) is 22.1 Å². The molecule has 3 rings (SSSR count). The van der Waals surface area contributed by atoms with Gasteiger partial charge >= 0.3 is 12.1 Å². The van der Waals surface area contributed by atoms with Crippen LogP contribution in [0, 0.1) is 6.92 Å². The molecule has 0 aliphatic carbocycles. The van der Waals surface area contributed by atoms with Crippen LogP contribution in [0.15, 0.2) is 40.8 Å². The second-order valence-electron chi connectivity index (χ2n) is 10.4. The van der Waals surface area contributed by atoms with Crippen molar-refractivity contribution in [2.24, 2.45) is 0 Å². The number of aryl methyl sites for hydroxylation is 2. The van der Waals surface area contributed by atoms with E-state index in [4.69, 9.17) is 37.1 Å². The number of Topliss-reactive ketones (excluding diaryl/α,β-unsaturated/α-hetero) is 1. The highest BCUT2D eigenvalue weighted by Gasteiger charge is 2.36. The molecule has 0 N–H and O–H groups in total. The fourth-order valence-corrected chi connectivity index (χ4v) is 3.98. The van der Waals surface area contributed by atoms with Crippen LogP contribution in [0.25, 0.3) is 11.5 Å². The summed E-state index contributed by atoms with van der Waals surface area (Å²) in [5.41, 5.74) is -1.65. The lowest BCUT2D eigenvalue weighted by molar-refractivity contribution is -0.170. The summed E-state index contributed by atoms with van der Waals surface area (Å²) in [5.74, 6) is -0.711. The highest BCUT2D eigenvalue weighted by atomic mass is 35.5. The fourth-order valence-electron chi connectivity index (χ4n) is 3.50. The minimum Gasteiger partial charge on any atom is -0.475 e. The van der Waals surface area contributed by atoms with Crippen LogP contribution < -0.4 is 4.74 Å². The molecule has 210 valence electrons. The number of ether oxygens (including phenoxy) is 2. The minimum absolute atomic E-state index is 0.00212. The summed E-state index contributed by atoms with van der Waals surface area (Å²) in [6, 6.07) is 7.51. The molecule has 0 fully saturated rings. The van der Waals surface area contributed by atoms with Crippen LogP contribution >= 0.6 is 23.2 Å². The fraction of sp³-hybridized carbons (Fsp3) is 0.393. The molecule has 0 saturated carbocycles. The summed E-state index contributed by atoms with van der Waals surface area (Å²) >= 11 is 12.9. The Morgan fingerprint density at radius 1 is 0.949 bits per heavy atom. The van der Waals surface area contributed by atoms with Gasteiger partial charge in [0.15, 0.2) is 17.1 Å². The number of nitrogens with zero attached hydrogens (tertiary/aromatic N) is 1. The van der Waals surface area contributed by atoms with Crippen molar-refractivity contribution in [1.29, 1.82) is 0 Å². The Hall–Kier alpha value is -3.04. The van der Waals surface area contributed by atoms with Gasteiger partial charge in [-0.15, -0.1) is 0 Å². The number of carbonyl (C=O) groups excluding carboxylic acids is 2. The largest absolute Gasteiger partial charge is 0.475 e. The smallest absolute Gasteiger partial charge is 0.416 e. The van der Waals surface area contributed by atoms with E-state index in [9.17, 15) is 22.8 Å². The van der Waals surface area contributed by atoms with Crippen LogP contribution in [0.3, 0.4) is 0 Å². The third-order valence-corrected chi connectivity index (χ3v) is 6.42. The third kappa shape index (κ3) is 7.54. The number of benzene rings is 2. The summed E-state index contributed by atoms with van der Waals surface area (Å²) in [7, 11) is 0. The van der Waals surface area contributed by atoms with E-state index >= 15 is 0 Å². The normalized spacial score (nSPS) is 12.4. The molecule has 3 aromatic rings. The summed E-state index contributed by atoms with van der Waals surface area (Å²) in [6.07, 6.45) is -4.25. The first-order valence-corrected chi connectivity index (χ1v) is 12.7. The van der Waals surface area contributed by atoms with E-state index in [1.807, 2.05) is 0 Å². The van der Waals surface area contributed by atoms with Gasteiger partial charge in [-0.25, -0.2) is 9.78 Å². The maximum atomic E-state index is 12.9. The Labute approximate surface area is 234 Å². The van der Waals surface area contributed by atoms with Gasteiger partial charge in [-0.2, -0.15) is 13.2 Å². The summed E-state index contributed by atoms with van der Waals surface area (Å²) in [5, 5.41) is 0.250. The molecule has 0 spiro atoms. The number of rotatable bonds is 8. The molecular weight excluding hydrogens is 558 g/mol. The molecule has 0 unspecified atom stereocenters. The summed E-state index contributed by atoms with van der Waals surface area (Å²) in [6.45, 7) is 9.92. The number of esters is 1. The van der Waals surface area contributed by atoms with Crippen molar-refractivity contribution in [2.45, 2.75) is 71.8 Å². The molecule has 0 aliphatic heterocycles. The van der Waals surface area contributed by atoms with Crippen molar-refractivity contribution < 1.29 is 36.7 Å². The van der Waals surface area contributed by atoms with Gasteiger partial charge in [0.2, 0.25) is 5.89 Å². The second kappa shape index (κ2) is 11.2. The van der Waals surface area contributed by atoms with Gasteiger partial charge in [-0.05, 0) is 83.9 Å². The molecule has 11 heteroatoms. The van der Waals surface area contributed by atoms with Crippen molar-refractivity contribution in [3.8, 4) is 17.2 Å². The molecule has 0 bridgehead atoms. The minimum atomic E-state index is -4.46. The first-order valence-electron chi connectivity index (χ1n) is 12.0. The number of aromatic nitrogens is 1. The Morgan fingerprint density at radius 3 is 2.13 bits per heavy atom. The molecule has 0 amide bonds. The van der Waals surface area contributed by atoms with Gasteiger partial charge < -0.3 is 13.9 Å². The van der Waals surface area contributed by atoms with E-state index in [0.29, 0.717) is 16.8 Å². The van der Waals surface area contributed by atoms with Crippen molar-refractivity contribution in [1.82, 2.24) is 4.98 Å². The van der Waals surface area contributed by atoms with Gasteiger partial charge in [-0.1, -0.05) is 29.3 Å². The molecule has 2 aromatic carbocycles. The van der Waals surface area contributed by atoms with Gasteiger partial charge in [0.05, 0.1) is 16.3 Å². The number of hydrogen-bond acceptors (Lipinski definition) is 6. The molecule has 6 nitrogen and oxygen atoms in total. The molecule has 1 heterocycles. The van der Waals surface area contributed by atoms with Gasteiger partial charge in [0, 0.05) is 12.0 Å². The number of oxazole rings is 1. The average Bonchev–Trinajstić information content (AvgIpc) is 3.21. The molecular formula is C28H28Cl2F3NO5. The zero-order chi connectivity index (χ0) is 29.3. The molecule has 0 atom stereocenters. The van der Waals surface area contributed by atoms with Crippen LogP contribution in [-0.4, -0.2) is 27.9 Å². The Morgan fingerprint density at radius 2 is 1.56 bits per heavy atom. The molecule has 0 aliphatic rings. The summed E-state index contributed by atoms with van der Waals surface area (Å²) in [4.78, 5) is 29.6. The van der Waals surface area contributed by atoms with Crippen LogP contribution in [0.4, 0.5) is 13.2 Å². The zero-order valence-electron chi connectivity index (χ0n) is 22.3. The third-order valence-electron chi connectivity index (χ3n) is 5.51. The van der Waals surface area contributed by atoms with Crippen LogP contribution in [0.1, 0.15) is 68.4 Å². The quantitative estimate of drug-likeness (QED) is 0.195. The average molecular weight is 586 g/mol. The Balaban J connectivity index is 1.70. The lowest BCUT2D eigenvalue weighted by Crippen LogP contribution is -2.43. The van der Waals surface area contributed by atoms with E-state index in [1.165, 1.54) is 12.1 Å². The number of hydrogen-bond donors (Lipinski definition) is 0. The van der Waals surface area contributed by atoms with E-state index in [-0.39, 0.29) is 46.1 Å². The van der Waals surface area contributed by atoms with Gasteiger partial charge in [0.25, 0.3) is 0 Å². The highest BCUT2D eigenvalue weighted by molar-refractivity contribution is 6.43. The standard InChI is InChI=1S/C28H28Cl2F3NO5/c1-15-23(37-24(34-15)17-7-11-18(12-8-17)28(31,32)33)19(35)13-9-16-10-14-20(22(30)21(16)29)38-27(5,6)25(36)39-26(2,3)4/h7-8,10-12,14H,9,13H2,1-6H3. The van der Waals surface area contributed by atoms with Crippen molar-refractivity contribution >= 4 is 35.0 Å². The number of halogens is 5. The maximum Gasteiger partial charge on any atom is 0.416 e. The molecule has 1 aromatic heterocycles.